The van der Waals surface area contributed by atoms with E-state index in [0.29, 0.717) is 6.54 Å². The van der Waals surface area contributed by atoms with Crippen molar-refractivity contribution in [2.24, 2.45) is 0 Å². The van der Waals surface area contributed by atoms with Gasteiger partial charge in [0.15, 0.2) is 0 Å². The van der Waals surface area contributed by atoms with Crippen LogP contribution in [0.1, 0.15) is 38.7 Å². The third-order valence-corrected chi connectivity index (χ3v) is 4.43. The average Bonchev–Trinajstić information content (AvgIpc) is 3.04. The smallest absolute Gasteiger partial charge is 0.227 e. The molecule has 1 aromatic carbocycles. The summed E-state index contributed by atoms with van der Waals surface area (Å²) in [5.41, 5.74) is 2.23. The summed E-state index contributed by atoms with van der Waals surface area (Å²) in [5.74, 6) is 0.772. The van der Waals surface area contributed by atoms with Gasteiger partial charge in [-0.25, -0.2) is 0 Å². The molecule has 0 radical (unpaired) electrons. The number of carbonyl (C=O) groups is 1. The SMILES string of the molecule is C=C/C=C(\C)N1CC[C@@H](Oc2ccc(C(C)C(=O)NCC)cc2)C1. The molecular formula is C20H28N2O2. The number of allylic oxidation sites excluding steroid dienone is 3. The van der Waals surface area contributed by atoms with Gasteiger partial charge in [0, 0.05) is 25.2 Å². The van der Waals surface area contributed by atoms with Crippen molar-refractivity contribution in [1.29, 1.82) is 0 Å². The lowest BCUT2D eigenvalue weighted by Gasteiger charge is -2.19. The molecule has 24 heavy (non-hydrogen) atoms. The van der Waals surface area contributed by atoms with E-state index in [9.17, 15) is 4.79 Å². The van der Waals surface area contributed by atoms with E-state index in [1.54, 1.807) is 0 Å². The Balaban J connectivity index is 1.92. The lowest BCUT2D eigenvalue weighted by atomic mass is 10.0. The number of hydrogen-bond acceptors (Lipinski definition) is 3. The molecule has 4 nitrogen and oxygen atoms in total. The van der Waals surface area contributed by atoms with Gasteiger partial charge in [0.25, 0.3) is 0 Å². The Morgan fingerprint density at radius 2 is 2.17 bits per heavy atom. The number of likely N-dealkylation sites (tertiary alicyclic amines) is 1. The summed E-state index contributed by atoms with van der Waals surface area (Å²) in [6.07, 6.45) is 5.06. The minimum Gasteiger partial charge on any atom is -0.489 e. The Bertz CT molecular complexity index is 592. The maximum atomic E-state index is 11.9. The molecule has 1 N–H and O–H groups in total. The first-order valence-corrected chi connectivity index (χ1v) is 8.63. The van der Waals surface area contributed by atoms with E-state index >= 15 is 0 Å². The molecule has 1 unspecified atom stereocenters. The molecular weight excluding hydrogens is 300 g/mol. The van der Waals surface area contributed by atoms with Gasteiger partial charge in [0.05, 0.1) is 12.5 Å². The first-order chi connectivity index (χ1) is 11.5. The van der Waals surface area contributed by atoms with Crippen LogP contribution in [0.3, 0.4) is 0 Å². The van der Waals surface area contributed by atoms with Crippen molar-refractivity contribution >= 4 is 5.91 Å². The zero-order chi connectivity index (χ0) is 17.5. The first kappa shape index (κ1) is 18.1. The van der Waals surface area contributed by atoms with Crippen LogP contribution in [0.25, 0.3) is 0 Å². The molecule has 130 valence electrons. The van der Waals surface area contributed by atoms with Crippen molar-refractivity contribution in [3.05, 3.63) is 54.3 Å². The molecule has 0 spiro atoms. The van der Waals surface area contributed by atoms with Crippen molar-refractivity contribution in [2.75, 3.05) is 19.6 Å². The number of rotatable bonds is 7. The van der Waals surface area contributed by atoms with Gasteiger partial charge in [0.1, 0.15) is 11.9 Å². The lowest BCUT2D eigenvalue weighted by Crippen LogP contribution is -2.27. The number of amides is 1. The molecule has 0 aromatic heterocycles. The Labute approximate surface area is 145 Å². The quantitative estimate of drug-likeness (QED) is 0.779. The summed E-state index contributed by atoms with van der Waals surface area (Å²) in [5, 5.41) is 2.85. The normalized spacial score (nSPS) is 19.0. The van der Waals surface area contributed by atoms with Gasteiger partial charge < -0.3 is 15.0 Å². The van der Waals surface area contributed by atoms with E-state index in [1.807, 2.05) is 50.3 Å². The van der Waals surface area contributed by atoms with Crippen molar-refractivity contribution in [3.8, 4) is 5.75 Å². The number of hydrogen-bond donors (Lipinski definition) is 1. The van der Waals surface area contributed by atoms with Crippen LogP contribution < -0.4 is 10.1 Å². The summed E-state index contributed by atoms with van der Waals surface area (Å²) in [7, 11) is 0. The van der Waals surface area contributed by atoms with Crippen molar-refractivity contribution in [1.82, 2.24) is 10.2 Å². The highest BCUT2D eigenvalue weighted by molar-refractivity contribution is 5.83. The van der Waals surface area contributed by atoms with Crippen LogP contribution in [0.15, 0.2) is 48.7 Å². The standard InChI is InChI=1S/C20H28N2O2/c1-5-7-15(3)22-13-12-19(14-22)24-18-10-8-17(9-11-18)16(4)20(23)21-6-2/h5,7-11,16,19H,1,6,12-14H2,2-4H3,(H,21,23)/b15-7+/t16?,19-/m1/s1. The molecule has 0 bridgehead atoms. The van der Waals surface area contributed by atoms with Gasteiger partial charge >= 0.3 is 0 Å². The fourth-order valence-corrected chi connectivity index (χ4v) is 2.93. The van der Waals surface area contributed by atoms with Crippen LogP contribution in [0.4, 0.5) is 0 Å². The molecule has 2 rings (SSSR count). The molecule has 1 heterocycles. The van der Waals surface area contributed by atoms with Gasteiger partial charge in [-0.2, -0.15) is 0 Å². The topological polar surface area (TPSA) is 41.6 Å². The maximum absolute atomic E-state index is 11.9. The predicted octanol–water partition coefficient (Wildman–Crippen LogP) is 3.47. The van der Waals surface area contributed by atoms with E-state index in [1.165, 1.54) is 5.70 Å². The molecule has 0 aliphatic carbocycles. The zero-order valence-electron chi connectivity index (χ0n) is 14.9. The second-order valence-electron chi connectivity index (χ2n) is 6.20. The number of benzene rings is 1. The number of nitrogens with one attached hydrogen (secondary N) is 1. The first-order valence-electron chi connectivity index (χ1n) is 8.63. The Hall–Kier alpha value is -2.23. The van der Waals surface area contributed by atoms with Gasteiger partial charge in [-0.15, -0.1) is 0 Å². The van der Waals surface area contributed by atoms with Gasteiger partial charge in [0.2, 0.25) is 5.91 Å². The molecule has 1 amide bonds. The highest BCUT2D eigenvalue weighted by Crippen LogP contribution is 2.23. The molecule has 1 aliphatic rings. The van der Waals surface area contributed by atoms with Crippen LogP contribution in [-0.2, 0) is 4.79 Å². The molecule has 0 saturated carbocycles. The molecule has 1 aliphatic heterocycles. The fourth-order valence-electron chi connectivity index (χ4n) is 2.93. The Morgan fingerprint density at radius 3 is 2.79 bits per heavy atom. The molecule has 2 atom stereocenters. The van der Waals surface area contributed by atoms with Crippen molar-refractivity contribution < 1.29 is 9.53 Å². The van der Waals surface area contributed by atoms with E-state index in [4.69, 9.17) is 4.74 Å². The van der Waals surface area contributed by atoms with Crippen LogP contribution >= 0.6 is 0 Å². The lowest BCUT2D eigenvalue weighted by molar-refractivity contribution is -0.122. The molecule has 1 aromatic rings. The highest BCUT2D eigenvalue weighted by Gasteiger charge is 2.24. The summed E-state index contributed by atoms with van der Waals surface area (Å²) in [4.78, 5) is 14.2. The van der Waals surface area contributed by atoms with Crippen LogP contribution in [-0.4, -0.2) is 36.5 Å². The summed E-state index contributed by atoms with van der Waals surface area (Å²) in [6, 6.07) is 7.87. The van der Waals surface area contributed by atoms with Gasteiger partial charge in [-0.1, -0.05) is 24.8 Å². The molecule has 1 saturated heterocycles. The van der Waals surface area contributed by atoms with Crippen LogP contribution in [0, 0.1) is 0 Å². The summed E-state index contributed by atoms with van der Waals surface area (Å²) in [6.45, 7) is 12.2. The number of likely N-dealkylation sites (N-methyl/N-ethyl adjacent to an activating group) is 1. The third-order valence-electron chi connectivity index (χ3n) is 4.43. The number of nitrogens with zero attached hydrogens (tertiary/aromatic N) is 1. The van der Waals surface area contributed by atoms with E-state index in [0.717, 1.165) is 30.8 Å². The van der Waals surface area contributed by atoms with Crippen molar-refractivity contribution in [3.63, 3.8) is 0 Å². The Kier molecular flexibility index (Phi) is 6.47. The maximum Gasteiger partial charge on any atom is 0.227 e. The van der Waals surface area contributed by atoms with E-state index in [-0.39, 0.29) is 17.9 Å². The third kappa shape index (κ3) is 4.63. The fraction of sp³-hybridized carbons (Fsp3) is 0.450. The van der Waals surface area contributed by atoms with E-state index < -0.39 is 0 Å². The monoisotopic (exact) mass is 328 g/mol. The zero-order valence-corrected chi connectivity index (χ0v) is 14.9. The minimum atomic E-state index is -0.146. The van der Waals surface area contributed by atoms with E-state index in [2.05, 4.69) is 23.7 Å². The molecule has 4 heteroatoms. The van der Waals surface area contributed by atoms with Gasteiger partial charge in [-0.3, -0.25) is 4.79 Å². The number of carbonyl (C=O) groups excluding carboxylic acids is 1. The summed E-state index contributed by atoms with van der Waals surface area (Å²) < 4.78 is 6.08. The minimum absolute atomic E-state index is 0.0575. The highest BCUT2D eigenvalue weighted by atomic mass is 16.5. The predicted molar refractivity (Wildman–Crippen MR) is 98.1 cm³/mol. The van der Waals surface area contributed by atoms with Crippen molar-refractivity contribution in [2.45, 2.75) is 39.2 Å². The largest absolute Gasteiger partial charge is 0.489 e. The van der Waals surface area contributed by atoms with Gasteiger partial charge in [-0.05, 0) is 44.5 Å². The second-order valence-corrected chi connectivity index (χ2v) is 6.20. The second kappa shape index (κ2) is 8.57. The van der Waals surface area contributed by atoms with Crippen LogP contribution in [0.2, 0.25) is 0 Å². The molecule has 1 fully saturated rings. The average molecular weight is 328 g/mol. The summed E-state index contributed by atoms with van der Waals surface area (Å²) >= 11 is 0. The van der Waals surface area contributed by atoms with Crippen LogP contribution in [0.5, 0.6) is 5.75 Å². The number of ether oxygens (including phenoxy) is 1. The Morgan fingerprint density at radius 1 is 1.46 bits per heavy atom.